The molecule has 6 nitrogen and oxygen atoms in total. The molecule has 0 atom stereocenters. The molecule has 0 bridgehead atoms. The van der Waals surface area contributed by atoms with Gasteiger partial charge < -0.3 is 9.80 Å². The summed E-state index contributed by atoms with van der Waals surface area (Å²) >= 11 is 0. The number of benzene rings is 1. The number of hydrogen-bond acceptors (Lipinski definition) is 5. The van der Waals surface area contributed by atoms with E-state index in [9.17, 15) is 18.0 Å². The summed E-state index contributed by atoms with van der Waals surface area (Å²) in [6.07, 6.45) is 5.08. The molecular formula is C28H24F3N5O. The van der Waals surface area contributed by atoms with Crippen LogP contribution >= 0.6 is 0 Å². The molecule has 0 aliphatic carbocycles. The van der Waals surface area contributed by atoms with E-state index < -0.39 is 12.1 Å². The summed E-state index contributed by atoms with van der Waals surface area (Å²) in [6, 6.07) is 14.0. The van der Waals surface area contributed by atoms with Crippen molar-refractivity contribution >= 4 is 22.4 Å². The lowest BCUT2D eigenvalue weighted by Crippen LogP contribution is -2.50. The SMILES string of the molecule is O=C(N1CCC2(CC1)CN(Cc1ncc3ccccc3c1-c1cccnc1)c1cnccc12)C(F)(F)F. The van der Waals surface area contributed by atoms with Gasteiger partial charge in [0.05, 0.1) is 24.1 Å². The Hall–Kier alpha value is -4.01. The Morgan fingerprint density at radius 1 is 0.946 bits per heavy atom. The number of likely N-dealkylation sites (tertiary alicyclic amines) is 1. The zero-order valence-electron chi connectivity index (χ0n) is 19.9. The molecule has 2 aliphatic heterocycles. The van der Waals surface area contributed by atoms with Crippen LogP contribution in [0, 0.1) is 0 Å². The number of carbonyl (C=O) groups is 1. The topological polar surface area (TPSA) is 62.2 Å². The minimum atomic E-state index is -4.85. The number of pyridine rings is 3. The van der Waals surface area contributed by atoms with Crippen LogP contribution in [0.25, 0.3) is 21.9 Å². The predicted octanol–water partition coefficient (Wildman–Crippen LogP) is 5.13. The van der Waals surface area contributed by atoms with E-state index in [2.05, 4.69) is 20.9 Å². The molecule has 0 radical (unpaired) electrons. The number of halogens is 3. The van der Waals surface area contributed by atoms with Crippen molar-refractivity contribution in [2.75, 3.05) is 24.5 Å². The minimum absolute atomic E-state index is 0.0725. The third kappa shape index (κ3) is 4.08. The third-order valence-electron chi connectivity index (χ3n) is 7.62. The zero-order valence-corrected chi connectivity index (χ0v) is 19.9. The number of amides is 1. The third-order valence-corrected chi connectivity index (χ3v) is 7.62. The molecule has 0 saturated carbocycles. The lowest BCUT2D eigenvalue weighted by molar-refractivity contribution is -0.186. The Bertz CT molecular complexity index is 1470. The van der Waals surface area contributed by atoms with Crippen molar-refractivity contribution in [3.8, 4) is 11.1 Å². The first-order valence-corrected chi connectivity index (χ1v) is 12.2. The van der Waals surface area contributed by atoms with E-state index in [-0.39, 0.29) is 18.5 Å². The van der Waals surface area contributed by atoms with Gasteiger partial charge in [-0.2, -0.15) is 13.2 Å². The van der Waals surface area contributed by atoms with Gasteiger partial charge in [-0.3, -0.25) is 19.7 Å². The molecular weight excluding hydrogens is 479 g/mol. The van der Waals surface area contributed by atoms with Crippen LogP contribution in [0.1, 0.15) is 24.1 Å². The van der Waals surface area contributed by atoms with Crippen LogP contribution in [0.5, 0.6) is 0 Å². The highest BCUT2D eigenvalue weighted by molar-refractivity contribution is 5.97. The molecule has 1 aromatic carbocycles. The maximum Gasteiger partial charge on any atom is 0.471 e. The number of fused-ring (bicyclic) bond motifs is 3. The highest BCUT2D eigenvalue weighted by Gasteiger charge is 2.49. The number of nitrogens with zero attached hydrogens (tertiary/aromatic N) is 5. The van der Waals surface area contributed by atoms with Gasteiger partial charge >= 0.3 is 12.1 Å². The van der Waals surface area contributed by atoms with E-state index in [1.54, 1.807) is 12.4 Å². The van der Waals surface area contributed by atoms with Crippen LogP contribution < -0.4 is 4.90 Å². The van der Waals surface area contributed by atoms with Gasteiger partial charge in [-0.05, 0) is 35.9 Å². The molecule has 37 heavy (non-hydrogen) atoms. The van der Waals surface area contributed by atoms with Gasteiger partial charge in [-0.1, -0.05) is 30.3 Å². The van der Waals surface area contributed by atoms with Crippen molar-refractivity contribution in [1.82, 2.24) is 19.9 Å². The molecule has 0 unspecified atom stereocenters. The monoisotopic (exact) mass is 503 g/mol. The highest BCUT2D eigenvalue weighted by atomic mass is 19.4. The van der Waals surface area contributed by atoms with Crippen LogP contribution in [-0.2, 0) is 16.8 Å². The van der Waals surface area contributed by atoms with E-state index >= 15 is 0 Å². The number of anilines is 1. The van der Waals surface area contributed by atoms with Gasteiger partial charge in [0, 0.05) is 66.3 Å². The molecule has 188 valence electrons. The Balaban J connectivity index is 1.35. The van der Waals surface area contributed by atoms with E-state index in [0.717, 1.165) is 43.7 Å². The summed E-state index contributed by atoms with van der Waals surface area (Å²) in [4.78, 5) is 28.5. The van der Waals surface area contributed by atoms with E-state index in [1.807, 2.05) is 55.0 Å². The number of aromatic nitrogens is 3. The van der Waals surface area contributed by atoms with E-state index in [1.165, 1.54) is 0 Å². The van der Waals surface area contributed by atoms with Gasteiger partial charge in [-0.25, -0.2) is 0 Å². The molecule has 0 N–H and O–H groups in total. The molecule has 6 rings (SSSR count). The maximum absolute atomic E-state index is 13.0. The largest absolute Gasteiger partial charge is 0.471 e. The number of rotatable bonds is 3. The van der Waals surface area contributed by atoms with Crippen molar-refractivity contribution in [3.63, 3.8) is 0 Å². The average Bonchev–Trinajstić information content (AvgIpc) is 3.21. The summed E-state index contributed by atoms with van der Waals surface area (Å²) in [5, 5.41) is 2.12. The second-order valence-electron chi connectivity index (χ2n) is 9.73. The summed E-state index contributed by atoms with van der Waals surface area (Å²) < 4.78 is 39.0. The van der Waals surface area contributed by atoms with Gasteiger partial charge in [0.2, 0.25) is 0 Å². The maximum atomic E-state index is 13.0. The van der Waals surface area contributed by atoms with Gasteiger partial charge in [0.15, 0.2) is 0 Å². The average molecular weight is 504 g/mol. The fourth-order valence-corrected chi connectivity index (χ4v) is 5.85. The van der Waals surface area contributed by atoms with Crippen molar-refractivity contribution in [1.29, 1.82) is 0 Å². The molecule has 1 spiro atoms. The Morgan fingerprint density at radius 2 is 1.73 bits per heavy atom. The van der Waals surface area contributed by atoms with E-state index in [0.29, 0.717) is 25.9 Å². The molecule has 1 saturated heterocycles. The number of alkyl halides is 3. The van der Waals surface area contributed by atoms with Crippen molar-refractivity contribution < 1.29 is 18.0 Å². The quantitative estimate of drug-likeness (QED) is 0.388. The summed E-state index contributed by atoms with van der Waals surface area (Å²) in [7, 11) is 0. The second kappa shape index (κ2) is 8.83. The lowest BCUT2D eigenvalue weighted by Gasteiger charge is -2.40. The van der Waals surface area contributed by atoms with Crippen LogP contribution in [0.3, 0.4) is 0 Å². The number of hydrogen-bond donors (Lipinski definition) is 0. The standard InChI is InChI=1S/C28H24F3N5O/c29-28(30,31)26(37)35-12-8-27(9-13-35)18-36(24-16-33-11-7-22(24)27)17-23-25(20-5-3-10-32-14-20)21-6-2-1-4-19(21)15-34-23/h1-7,10-11,14-16H,8-9,12-13,17-18H2. The molecule has 1 amide bonds. The normalized spacial score (nSPS) is 16.8. The van der Waals surface area contributed by atoms with Crippen molar-refractivity contribution in [3.05, 3.63) is 84.7 Å². The Kier molecular flexibility index (Phi) is 5.58. The summed E-state index contributed by atoms with van der Waals surface area (Å²) in [5.74, 6) is -1.76. The van der Waals surface area contributed by atoms with Crippen LogP contribution in [0.2, 0.25) is 0 Å². The van der Waals surface area contributed by atoms with Crippen molar-refractivity contribution in [2.24, 2.45) is 0 Å². The molecule has 3 aromatic heterocycles. The smallest absolute Gasteiger partial charge is 0.363 e. The minimum Gasteiger partial charge on any atom is -0.363 e. The zero-order chi connectivity index (χ0) is 25.6. The molecule has 4 aromatic rings. The van der Waals surface area contributed by atoms with Crippen LogP contribution in [0.4, 0.5) is 18.9 Å². The first-order valence-electron chi connectivity index (χ1n) is 12.2. The Morgan fingerprint density at radius 3 is 2.49 bits per heavy atom. The fraction of sp³-hybridized carbons (Fsp3) is 0.286. The first-order chi connectivity index (χ1) is 17.9. The molecule has 5 heterocycles. The van der Waals surface area contributed by atoms with Gasteiger partial charge in [-0.15, -0.1) is 0 Å². The second-order valence-corrected chi connectivity index (χ2v) is 9.73. The first kappa shape index (κ1) is 23.4. The fourth-order valence-electron chi connectivity index (χ4n) is 5.85. The number of piperidine rings is 1. The predicted molar refractivity (Wildman–Crippen MR) is 134 cm³/mol. The van der Waals surface area contributed by atoms with E-state index in [4.69, 9.17) is 4.98 Å². The summed E-state index contributed by atoms with van der Waals surface area (Å²) in [5.41, 5.74) is 4.58. The summed E-state index contributed by atoms with van der Waals surface area (Å²) in [6.45, 7) is 1.29. The van der Waals surface area contributed by atoms with Crippen molar-refractivity contribution in [2.45, 2.75) is 31.0 Å². The van der Waals surface area contributed by atoms with Gasteiger partial charge in [0.1, 0.15) is 0 Å². The van der Waals surface area contributed by atoms with Crippen LogP contribution in [-0.4, -0.2) is 51.6 Å². The van der Waals surface area contributed by atoms with Crippen LogP contribution in [0.15, 0.2) is 73.4 Å². The highest BCUT2D eigenvalue weighted by Crippen LogP contribution is 2.48. The lowest BCUT2D eigenvalue weighted by atomic mass is 9.74. The van der Waals surface area contributed by atoms with Gasteiger partial charge in [0.25, 0.3) is 0 Å². The Labute approximate surface area is 211 Å². The molecule has 2 aliphatic rings. The molecule has 9 heteroatoms. The number of carbonyl (C=O) groups excluding carboxylic acids is 1. The molecule has 1 fully saturated rings.